The predicted molar refractivity (Wildman–Crippen MR) is 86.6 cm³/mol. The summed E-state index contributed by atoms with van der Waals surface area (Å²) in [5.74, 6) is 0.532. The molecular formula is C17H17ClN4O. The quantitative estimate of drug-likeness (QED) is 0.795. The topological polar surface area (TPSA) is 59.0 Å². The normalized spacial score (nSPS) is 17.5. The summed E-state index contributed by atoms with van der Waals surface area (Å²) < 4.78 is 0. The monoisotopic (exact) mass is 328 g/mol. The number of nitrogens with zero attached hydrogens (tertiary/aromatic N) is 4. The van der Waals surface area contributed by atoms with Crippen LogP contribution in [0.15, 0.2) is 24.5 Å². The maximum absolute atomic E-state index is 12.7. The van der Waals surface area contributed by atoms with E-state index in [9.17, 15) is 4.79 Å². The van der Waals surface area contributed by atoms with Crippen LogP contribution in [0.25, 0.3) is 0 Å². The molecule has 3 heterocycles. The second-order valence-electron chi connectivity index (χ2n) is 6.10. The number of hydrogen-bond acceptors (Lipinski definition) is 4. The van der Waals surface area contributed by atoms with Crippen molar-refractivity contribution < 1.29 is 4.79 Å². The third kappa shape index (κ3) is 2.93. The molecule has 2 aromatic heterocycles. The number of amides is 1. The van der Waals surface area contributed by atoms with Gasteiger partial charge < -0.3 is 4.90 Å². The van der Waals surface area contributed by atoms with E-state index in [-0.39, 0.29) is 5.91 Å². The maximum atomic E-state index is 12.7. The highest BCUT2D eigenvalue weighted by Crippen LogP contribution is 2.41. The highest BCUT2D eigenvalue weighted by Gasteiger charge is 2.30. The van der Waals surface area contributed by atoms with Gasteiger partial charge in [0, 0.05) is 31.1 Å². The Kier molecular flexibility index (Phi) is 3.73. The van der Waals surface area contributed by atoms with Crippen LogP contribution in [-0.2, 0) is 12.8 Å². The molecule has 1 aliphatic heterocycles. The average Bonchev–Trinajstić information content (AvgIpc) is 3.40. The first-order valence-corrected chi connectivity index (χ1v) is 8.34. The predicted octanol–water partition coefficient (Wildman–Crippen LogP) is 2.64. The van der Waals surface area contributed by atoms with E-state index in [2.05, 4.69) is 15.0 Å². The van der Waals surface area contributed by atoms with Gasteiger partial charge in [0.2, 0.25) is 0 Å². The van der Waals surface area contributed by atoms with Crippen LogP contribution in [0.2, 0.25) is 5.15 Å². The van der Waals surface area contributed by atoms with Crippen molar-refractivity contribution in [2.24, 2.45) is 0 Å². The van der Waals surface area contributed by atoms with Crippen molar-refractivity contribution in [2.45, 2.75) is 31.6 Å². The Labute approximate surface area is 139 Å². The first kappa shape index (κ1) is 14.6. The summed E-state index contributed by atoms with van der Waals surface area (Å²) in [5.41, 5.74) is 3.95. The lowest BCUT2D eigenvalue weighted by atomic mass is 10.0. The molecule has 1 saturated carbocycles. The zero-order chi connectivity index (χ0) is 15.8. The molecule has 6 heteroatoms. The minimum Gasteiger partial charge on any atom is -0.337 e. The molecule has 1 amide bonds. The first-order chi connectivity index (χ1) is 11.2. The SMILES string of the molecule is O=C(c1cccc(Cl)n1)N1CCc2ncnc(C3CC3)c2CC1. The van der Waals surface area contributed by atoms with Crippen molar-refractivity contribution in [1.29, 1.82) is 0 Å². The van der Waals surface area contributed by atoms with Crippen LogP contribution in [0.5, 0.6) is 0 Å². The fourth-order valence-electron chi connectivity index (χ4n) is 3.15. The third-order valence-corrected chi connectivity index (χ3v) is 4.71. The number of carbonyl (C=O) groups is 1. The Morgan fingerprint density at radius 2 is 2.00 bits per heavy atom. The van der Waals surface area contributed by atoms with Crippen LogP contribution >= 0.6 is 11.6 Å². The van der Waals surface area contributed by atoms with Crippen molar-refractivity contribution in [3.8, 4) is 0 Å². The van der Waals surface area contributed by atoms with Gasteiger partial charge in [-0.05, 0) is 37.0 Å². The fraction of sp³-hybridized carbons (Fsp3) is 0.412. The lowest BCUT2D eigenvalue weighted by Gasteiger charge is -2.19. The summed E-state index contributed by atoms with van der Waals surface area (Å²) in [6.45, 7) is 1.33. The van der Waals surface area contributed by atoms with Gasteiger partial charge >= 0.3 is 0 Å². The number of fused-ring (bicyclic) bond motifs is 1. The van der Waals surface area contributed by atoms with Crippen molar-refractivity contribution in [1.82, 2.24) is 19.9 Å². The molecule has 0 atom stereocenters. The first-order valence-electron chi connectivity index (χ1n) is 7.97. The summed E-state index contributed by atoms with van der Waals surface area (Å²) in [5, 5.41) is 0.343. The van der Waals surface area contributed by atoms with Crippen molar-refractivity contribution in [2.75, 3.05) is 13.1 Å². The Bertz CT molecular complexity index is 760. The highest BCUT2D eigenvalue weighted by atomic mass is 35.5. The molecule has 0 bridgehead atoms. The van der Waals surface area contributed by atoms with Crippen LogP contribution in [0, 0.1) is 0 Å². The maximum Gasteiger partial charge on any atom is 0.272 e. The second-order valence-corrected chi connectivity index (χ2v) is 6.48. The number of carbonyl (C=O) groups excluding carboxylic acids is 1. The molecule has 5 nitrogen and oxygen atoms in total. The van der Waals surface area contributed by atoms with E-state index in [0.29, 0.717) is 29.9 Å². The second kappa shape index (κ2) is 5.89. The molecule has 0 spiro atoms. The summed E-state index contributed by atoms with van der Waals surface area (Å²) in [7, 11) is 0. The molecule has 0 radical (unpaired) electrons. The highest BCUT2D eigenvalue weighted by molar-refractivity contribution is 6.29. The molecule has 2 aromatic rings. The van der Waals surface area contributed by atoms with E-state index in [1.165, 1.54) is 24.1 Å². The van der Waals surface area contributed by atoms with Gasteiger partial charge in [0.15, 0.2) is 0 Å². The van der Waals surface area contributed by atoms with E-state index in [1.54, 1.807) is 24.5 Å². The fourth-order valence-corrected chi connectivity index (χ4v) is 3.32. The third-order valence-electron chi connectivity index (χ3n) is 4.50. The average molecular weight is 329 g/mol. The molecule has 23 heavy (non-hydrogen) atoms. The summed E-state index contributed by atoms with van der Waals surface area (Å²) >= 11 is 5.90. The van der Waals surface area contributed by atoms with Gasteiger partial charge in [-0.2, -0.15) is 0 Å². The van der Waals surface area contributed by atoms with Crippen molar-refractivity contribution in [3.63, 3.8) is 0 Å². The zero-order valence-corrected chi connectivity index (χ0v) is 13.5. The molecule has 0 N–H and O–H groups in total. The number of halogens is 1. The Hall–Kier alpha value is -2.01. The van der Waals surface area contributed by atoms with Gasteiger partial charge in [0.25, 0.3) is 5.91 Å². The largest absolute Gasteiger partial charge is 0.337 e. The summed E-state index contributed by atoms with van der Waals surface area (Å²) in [6.07, 6.45) is 5.69. The Morgan fingerprint density at radius 3 is 2.78 bits per heavy atom. The van der Waals surface area contributed by atoms with E-state index in [4.69, 9.17) is 11.6 Å². The Balaban J connectivity index is 1.56. The van der Waals surface area contributed by atoms with E-state index < -0.39 is 0 Å². The molecule has 0 aromatic carbocycles. The number of aromatic nitrogens is 3. The standard InChI is InChI=1S/C17H17ClN4O/c18-15-3-1-2-14(21-15)17(23)22-8-6-12-13(7-9-22)19-10-20-16(12)11-4-5-11/h1-3,10-11H,4-9H2. The Morgan fingerprint density at radius 1 is 1.17 bits per heavy atom. The van der Waals surface area contributed by atoms with Gasteiger partial charge in [-0.3, -0.25) is 4.79 Å². The van der Waals surface area contributed by atoms with Crippen LogP contribution in [0.3, 0.4) is 0 Å². The van der Waals surface area contributed by atoms with Crippen LogP contribution < -0.4 is 0 Å². The lowest BCUT2D eigenvalue weighted by Crippen LogP contribution is -2.33. The van der Waals surface area contributed by atoms with Gasteiger partial charge in [-0.15, -0.1) is 0 Å². The molecule has 1 aliphatic carbocycles. The molecule has 0 saturated heterocycles. The molecular weight excluding hydrogens is 312 g/mol. The number of hydrogen-bond donors (Lipinski definition) is 0. The number of rotatable bonds is 2. The molecule has 2 aliphatic rings. The molecule has 4 rings (SSSR count). The number of pyridine rings is 1. The van der Waals surface area contributed by atoms with E-state index >= 15 is 0 Å². The van der Waals surface area contributed by atoms with Crippen LogP contribution in [-0.4, -0.2) is 38.8 Å². The van der Waals surface area contributed by atoms with Gasteiger partial charge in [-0.1, -0.05) is 17.7 Å². The van der Waals surface area contributed by atoms with Crippen molar-refractivity contribution >= 4 is 17.5 Å². The minimum absolute atomic E-state index is 0.0683. The smallest absolute Gasteiger partial charge is 0.272 e. The van der Waals surface area contributed by atoms with E-state index in [1.807, 2.05) is 4.90 Å². The van der Waals surface area contributed by atoms with Crippen molar-refractivity contribution in [3.05, 3.63) is 52.3 Å². The molecule has 118 valence electrons. The van der Waals surface area contributed by atoms with Crippen LogP contribution in [0.1, 0.15) is 46.2 Å². The summed E-state index contributed by atoms with van der Waals surface area (Å²) in [4.78, 5) is 27.6. The van der Waals surface area contributed by atoms with Gasteiger partial charge in [0.05, 0.1) is 5.69 Å². The minimum atomic E-state index is -0.0683. The van der Waals surface area contributed by atoms with Gasteiger partial charge in [0.1, 0.15) is 17.2 Å². The molecule has 1 fully saturated rings. The van der Waals surface area contributed by atoms with Crippen LogP contribution in [0.4, 0.5) is 0 Å². The van der Waals surface area contributed by atoms with Gasteiger partial charge in [-0.25, -0.2) is 15.0 Å². The zero-order valence-electron chi connectivity index (χ0n) is 12.7. The lowest BCUT2D eigenvalue weighted by molar-refractivity contribution is 0.0757. The molecule has 0 unspecified atom stereocenters. The summed E-state index contributed by atoms with van der Waals surface area (Å²) in [6, 6.07) is 5.14. The van der Waals surface area contributed by atoms with E-state index in [0.717, 1.165) is 18.5 Å².